The quantitative estimate of drug-likeness (QED) is 0.242. The van der Waals surface area contributed by atoms with Gasteiger partial charge in [0.05, 0.1) is 11.1 Å². The van der Waals surface area contributed by atoms with Crippen LogP contribution in [0.2, 0.25) is 5.02 Å². The number of carboxylic acids is 1. The van der Waals surface area contributed by atoms with Crippen LogP contribution in [0.4, 0.5) is 0 Å². The number of carboxylic acid groups (broad SMARTS) is 1. The number of halogens is 1. The SMILES string of the molecule is CCCCCCCc1ccc(OC[C@H]2CCC(=O)N2CCSc2nc(C(=O)O)cs2)c(Cl)c1. The van der Waals surface area contributed by atoms with E-state index in [-0.39, 0.29) is 17.6 Å². The van der Waals surface area contributed by atoms with Gasteiger partial charge in [0, 0.05) is 24.1 Å². The number of thioether (sulfide) groups is 1. The average molecular weight is 511 g/mol. The maximum Gasteiger partial charge on any atom is 0.355 e. The molecular formula is C24H31ClN2O4S2. The Morgan fingerprint density at radius 3 is 2.88 bits per heavy atom. The van der Waals surface area contributed by atoms with Gasteiger partial charge in [-0.25, -0.2) is 9.78 Å². The Kier molecular flexibility index (Phi) is 10.3. The third kappa shape index (κ3) is 7.90. The topological polar surface area (TPSA) is 79.7 Å². The fraction of sp³-hybridized carbons (Fsp3) is 0.542. The van der Waals surface area contributed by atoms with Crippen molar-refractivity contribution in [1.29, 1.82) is 0 Å². The molecule has 1 aliphatic rings. The number of amides is 1. The monoisotopic (exact) mass is 510 g/mol. The van der Waals surface area contributed by atoms with Gasteiger partial charge in [-0.05, 0) is 37.0 Å². The van der Waals surface area contributed by atoms with Crippen molar-refractivity contribution in [2.45, 2.75) is 68.7 Å². The van der Waals surface area contributed by atoms with E-state index in [0.29, 0.717) is 40.4 Å². The Bertz CT molecular complexity index is 937. The van der Waals surface area contributed by atoms with Crippen LogP contribution in [-0.4, -0.2) is 51.8 Å². The number of aromatic nitrogens is 1. The lowest BCUT2D eigenvalue weighted by molar-refractivity contribution is -0.129. The van der Waals surface area contributed by atoms with Gasteiger partial charge >= 0.3 is 5.97 Å². The van der Waals surface area contributed by atoms with Crippen LogP contribution in [0.5, 0.6) is 5.75 Å². The Balaban J connectivity index is 1.45. The number of carbonyl (C=O) groups excluding carboxylic acids is 1. The minimum absolute atomic E-state index is 0.0123. The van der Waals surface area contributed by atoms with E-state index in [0.717, 1.165) is 12.8 Å². The minimum atomic E-state index is -1.02. The zero-order valence-electron chi connectivity index (χ0n) is 18.9. The smallest absolute Gasteiger partial charge is 0.355 e. The van der Waals surface area contributed by atoms with Gasteiger partial charge in [-0.3, -0.25) is 4.79 Å². The van der Waals surface area contributed by atoms with Crippen molar-refractivity contribution in [3.8, 4) is 5.75 Å². The van der Waals surface area contributed by atoms with Gasteiger partial charge < -0.3 is 14.7 Å². The fourth-order valence-electron chi connectivity index (χ4n) is 3.86. The number of unbranched alkanes of at least 4 members (excludes halogenated alkanes) is 4. The summed E-state index contributed by atoms with van der Waals surface area (Å²) in [7, 11) is 0. The first-order valence-electron chi connectivity index (χ1n) is 11.5. The van der Waals surface area contributed by atoms with Crippen LogP contribution in [0, 0.1) is 0 Å². The molecule has 9 heteroatoms. The van der Waals surface area contributed by atoms with Crippen molar-refractivity contribution < 1.29 is 19.4 Å². The highest BCUT2D eigenvalue weighted by molar-refractivity contribution is 8.01. The number of aromatic carboxylic acids is 1. The predicted molar refractivity (Wildman–Crippen MR) is 134 cm³/mol. The minimum Gasteiger partial charge on any atom is -0.490 e. The second-order valence-electron chi connectivity index (χ2n) is 8.17. The first kappa shape index (κ1) is 25.8. The van der Waals surface area contributed by atoms with Crippen LogP contribution in [-0.2, 0) is 11.2 Å². The van der Waals surface area contributed by atoms with Crippen LogP contribution < -0.4 is 4.74 Å². The van der Waals surface area contributed by atoms with Crippen LogP contribution in [0.3, 0.4) is 0 Å². The van der Waals surface area contributed by atoms with Crippen molar-refractivity contribution in [2.75, 3.05) is 18.9 Å². The lowest BCUT2D eigenvalue weighted by Crippen LogP contribution is -2.38. The molecule has 180 valence electrons. The third-order valence-electron chi connectivity index (χ3n) is 5.71. The van der Waals surface area contributed by atoms with Crippen LogP contribution in [0.15, 0.2) is 27.9 Å². The number of thiazole rings is 1. The number of aryl methyl sites for hydroxylation is 1. The molecule has 0 aliphatic carbocycles. The molecule has 6 nitrogen and oxygen atoms in total. The molecule has 33 heavy (non-hydrogen) atoms. The Labute approximate surface area is 208 Å². The van der Waals surface area contributed by atoms with Crippen molar-refractivity contribution in [1.82, 2.24) is 9.88 Å². The van der Waals surface area contributed by atoms with Gasteiger partial charge in [0.1, 0.15) is 12.4 Å². The first-order valence-corrected chi connectivity index (χ1v) is 13.7. The van der Waals surface area contributed by atoms with E-state index >= 15 is 0 Å². The molecule has 1 aromatic carbocycles. The van der Waals surface area contributed by atoms with Gasteiger partial charge in [0.2, 0.25) is 5.91 Å². The number of rotatable bonds is 14. The second-order valence-corrected chi connectivity index (χ2v) is 10.8. The molecule has 1 N–H and O–H groups in total. The summed E-state index contributed by atoms with van der Waals surface area (Å²) in [5.74, 6) is 0.412. The largest absolute Gasteiger partial charge is 0.490 e. The summed E-state index contributed by atoms with van der Waals surface area (Å²) in [4.78, 5) is 29.2. The molecule has 0 spiro atoms. The maximum atomic E-state index is 12.4. The van der Waals surface area contributed by atoms with Gasteiger partial charge in [-0.1, -0.05) is 62.0 Å². The highest BCUT2D eigenvalue weighted by atomic mass is 35.5. The summed E-state index contributed by atoms with van der Waals surface area (Å²) in [6.45, 7) is 3.20. The molecular weight excluding hydrogens is 480 g/mol. The van der Waals surface area contributed by atoms with Gasteiger partial charge in [0.25, 0.3) is 0 Å². The molecule has 2 heterocycles. The molecule has 0 bridgehead atoms. The Hall–Kier alpha value is -1.77. The van der Waals surface area contributed by atoms with Crippen molar-refractivity contribution >= 4 is 46.6 Å². The van der Waals surface area contributed by atoms with E-state index in [1.54, 1.807) is 0 Å². The summed E-state index contributed by atoms with van der Waals surface area (Å²) in [6, 6.07) is 6.01. The molecule has 1 aliphatic heterocycles. The summed E-state index contributed by atoms with van der Waals surface area (Å²) in [5.41, 5.74) is 1.29. The molecule has 2 aromatic rings. The molecule has 1 aromatic heterocycles. The number of ether oxygens (including phenoxy) is 1. The molecule has 1 atom stereocenters. The average Bonchev–Trinajstić information content (AvgIpc) is 3.40. The molecule has 1 amide bonds. The van der Waals surface area contributed by atoms with E-state index in [2.05, 4.69) is 18.0 Å². The summed E-state index contributed by atoms with van der Waals surface area (Å²) in [6.07, 6.45) is 8.56. The lowest BCUT2D eigenvalue weighted by atomic mass is 10.1. The standard InChI is InChI=1S/C24H31ClN2O4S2/c1-2-3-4-5-6-7-17-8-10-21(19(25)14-17)31-15-18-9-11-22(28)27(18)12-13-32-24-26-20(16-33-24)23(29)30/h8,10,14,16,18H,2-7,9,11-13,15H2,1H3,(H,29,30)/t18-/m1/s1. The van der Waals surface area contributed by atoms with Crippen LogP contribution >= 0.6 is 34.7 Å². The van der Waals surface area contributed by atoms with Gasteiger partial charge in [-0.2, -0.15) is 0 Å². The summed E-state index contributed by atoms with van der Waals surface area (Å²) in [5, 5.41) is 11.1. The van der Waals surface area contributed by atoms with E-state index in [1.165, 1.54) is 66.1 Å². The number of benzene rings is 1. The number of likely N-dealkylation sites (tertiary alicyclic amines) is 1. The summed E-state index contributed by atoms with van der Waals surface area (Å²) < 4.78 is 6.70. The van der Waals surface area contributed by atoms with Crippen molar-refractivity contribution in [3.05, 3.63) is 39.9 Å². The lowest BCUT2D eigenvalue weighted by Gasteiger charge is -2.25. The van der Waals surface area contributed by atoms with E-state index in [9.17, 15) is 9.59 Å². The van der Waals surface area contributed by atoms with E-state index < -0.39 is 5.97 Å². The molecule has 3 rings (SSSR count). The maximum absolute atomic E-state index is 12.4. The summed E-state index contributed by atoms with van der Waals surface area (Å²) >= 11 is 9.24. The number of nitrogens with zero attached hydrogens (tertiary/aromatic N) is 2. The van der Waals surface area contributed by atoms with Crippen LogP contribution in [0.25, 0.3) is 0 Å². The molecule has 0 unspecified atom stereocenters. The fourth-order valence-corrected chi connectivity index (χ4v) is 5.93. The van der Waals surface area contributed by atoms with Gasteiger partial charge in [-0.15, -0.1) is 11.3 Å². The van der Waals surface area contributed by atoms with Crippen LogP contribution in [0.1, 0.15) is 67.9 Å². The zero-order chi connectivity index (χ0) is 23.6. The Morgan fingerprint density at radius 2 is 2.15 bits per heavy atom. The normalized spacial score (nSPS) is 15.9. The molecule has 1 saturated heterocycles. The first-order chi connectivity index (χ1) is 16.0. The predicted octanol–water partition coefficient (Wildman–Crippen LogP) is 6.17. The molecule has 1 fully saturated rings. The molecule has 0 radical (unpaired) electrons. The highest BCUT2D eigenvalue weighted by Crippen LogP contribution is 2.29. The number of hydrogen-bond donors (Lipinski definition) is 1. The third-order valence-corrected chi connectivity index (χ3v) is 8.01. The second kappa shape index (κ2) is 13.2. The zero-order valence-corrected chi connectivity index (χ0v) is 21.3. The van der Waals surface area contributed by atoms with E-state index in [4.69, 9.17) is 21.4 Å². The van der Waals surface area contributed by atoms with Gasteiger partial charge in [0.15, 0.2) is 10.0 Å². The van der Waals surface area contributed by atoms with E-state index in [1.807, 2.05) is 17.0 Å². The highest BCUT2D eigenvalue weighted by Gasteiger charge is 2.31. The molecule has 0 saturated carbocycles. The van der Waals surface area contributed by atoms with Crippen molar-refractivity contribution in [3.63, 3.8) is 0 Å². The number of hydrogen-bond acceptors (Lipinski definition) is 6. The Morgan fingerprint density at radius 1 is 1.33 bits per heavy atom. The van der Waals surface area contributed by atoms with Crippen molar-refractivity contribution in [2.24, 2.45) is 0 Å². The number of carbonyl (C=O) groups is 2.